The lowest BCUT2D eigenvalue weighted by molar-refractivity contribution is 0.590. The number of rotatable bonds is 3. The molecule has 0 fully saturated rings. The quantitative estimate of drug-likeness (QED) is 0.924. The summed E-state index contributed by atoms with van der Waals surface area (Å²) in [6, 6.07) is 8.64. The van der Waals surface area contributed by atoms with Crippen molar-refractivity contribution in [1.29, 1.82) is 0 Å². The Morgan fingerprint density at radius 3 is 2.20 bits per heavy atom. The van der Waals surface area contributed by atoms with Crippen molar-refractivity contribution in [3.63, 3.8) is 0 Å². The van der Waals surface area contributed by atoms with Gasteiger partial charge in [-0.1, -0.05) is 46.8 Å². The SMILES string of the molecule is CC(C)c1c(CN)cnn1-c1ccc(C(C)(C)C)cc1. The molecule has 3 heteroatoms. The molecule has 0 amide bonds. The summed E-state index contributed by atoms with van der Waals surface area (Å²) in [5.74, 6) is 0.401. The average molecular weight is 271 g/mol. The number of nitrogens with zero attached hydrogens (tertiary/aromatic N) is 2. The zero-order valence-electron chi connectivity index (χ0n) is 13.1. The van der Waals surface area contributed by atoms with Gasteiger partial charge in [-0.15, -0.1) is 0 Å². The maximum atomic E-state index is 5.81. The molecule has 20 heavy (non-hydrogen) atoms. The highest BCUT2D eigenvalue weighted by Crippen LogP contribution is 2.26. The Hall–Kier alpha value is -1.61. The van der Waals surface area contributed by atoms with Gasteiger partial charge in [-0.25, -0.2) is 4.68 Å². The molecule has 108 valence electrons. The standard InChI is InChI=1S/C17H25N3/c1-12(2)16-13(10-18)11-19-20(16)15-8-6-14(7-9-15)17(3,4)5/h6-9,11-12H,10,18H2,1-5H3. The van der Waals surface area contributed by atoms with E-state index in [2.05, 4.69) is 64.0 Å². The summed E-state index contributed by atoms with van der Waals surface area (Å²) in [6.07, 6.45) is 1.88. The van der Waals surface area contributed by atoms with Gasteiger partial charge in [0.2, 0.25) is 0 Å². The highest BCUT2D eigenvalue weighted by atomic mass is 15.3. The topological polar surface area (TPSA) is 43.8 Å². The monoisotopic (exact) mass is 271 g/mol. The van der Waals surface area contributed by atoms with Gasteiger partial charge < -0.3 is 5.73 Å². The van der Waals surface area contributed by atoms with Gasteiger partial charge in [-0.3, -0.25) is 0 Å². The van der Waals surface area contributed by atoms with E-state index in [1.165, 1.54) is 11.3 Å². The van der Waals surface area contributed by atoms with Crippen LogP contribution in [0.4, 0.5) is 0 Å². The Bertz CT molecular complexity index is 571. The van der Waals surface area contributed by atoms with Crippen molar-refractivity contribution < 1.29 is 0 Å². The molecule has 0 atom stereocenters. The van der Waals surface area contributed by atoms with Gasteiger partial charge in [0.1, 0.15) is 0 Å². The summed E-state index contributed by atoms with van der Waals surface area (Å²) < 4.78 is 2.01. The Kier molecular flexibility index (Phi) is 4.00. The smallest absolute Gasteiger partial charge is 0.0649 e. The molecule has 0 saturated carbocycles. The van der Waals surface area contributed by atoms with Crippen LogP contribution in [-0.2, 0) is 12.0 Å². The van der Waals surface area contributed by atoms with Crippen molar-refractivity contribution in [2.24, 2.45) is 5.73 Å². The Morgan fingerprint density at radius 2 is 1.75 bits per heavy atom. The van der Waals surface area contributed by atoms with E-state index in [9.17, 15) is 0 Å². The van der Waals surface area contributed by atoms with Crippen LogP contribution in [0.25, 0.3) is 5.69 Å². The molecule has 2 N–H and O–H groups in total. The van der Waals surface area contributed by atoms with Gasteiger partial charge in [0.05, 0.1) is 17.6 Å². The van der Waals surface area contributed by atoms with Gasteiger partial charge in [-0.05, 0) is 29.0 Å². The van der Waals surface area contributed by atoms with Crippen LogP contribution in [0.3, 0.4) is 0 Å². The number of hydrogen-bond acceptors (Lipinski definition) is 2. The molecular formula is C17H25N3. The van der Waals surface area contributed by atoms with Crippen molar-refractivity contribution >= 4 is 0 Å². The van der Waals surface area contributed by atoms with E-state index in [0.29, 0.717) is 12.5 Å². The molecule has 0 unspecified atom stereocenters. The summed E-state index contributed by atoms with van der Waals surface area (Å²) in [6.45, 7) is 11.6. The highest BCUT2D eigenvalue weighted by molar-refractivity contribution is 5.39. The largest absolute Gasteiger partial charge is 0.326 e. The predicted molar refractivity (Wildman–Crippen MR) is 84.2 cm³/mol. The van der Waals surface area contributed by atoms with Crippen LogP contribution in [-0.4, -0.2) is 9.78 Å². The van der Waals surface area contributed by atoms with E-state index in [-0.39, 0.29) is 5.41 Å². The van der Waals surface area contributed by atoms with Gasteiger partial charge in [0, 0.05) is 12.1 Å². The zero-order chi connectivity index (χ0) is 14.9. The Labute approximate surface area is 121 Å². The lowest BCUT2D eigenvalue weighted by Crippen LogP contribution is -2.12. The van der Waals surface area contributed by atoms with Crippen LogP contribution in [0, 0.1) is 0 Å². The van der Waals surface area contributed by atoms with E-state index in [1.807, 2.05) is 10.9 Å². The summed E-state index contributed by atoms with van der Waals surface area (Å²) in [5, 5.41) is 4.51. The molecule has 2 rings (SSSR count). The van der Waals surface area contributed by atoms with Crippen molar-refractivity contribution in [2.75, 3.05) is 0 Å². The molecule has 0 aliphatic rings. The molecule has 1 heterocycles. The normalized spacial score (nSPS) is 12.2. The third-order valence-corrected chi connectivity index (χ3v) is 3.63. The molecule has 0 aliphatic carbocycles. The van der Waals surface area contributed by atoms with Crippen molar-refractivity contribution in [2.45, 2.75) is 52.5 Å². The lowest BCUT2D eigenvalue weighted by Gasteiger charge is -2.19. The first-order valence-corrected chi connectivity index (χ1v) is 7.22. The van der Waals surface area contributed by atoms with Crippen molar-refractivity contribution in [1.82, 2.24) is 9.78 Å². The first-order chi connectivity index (χ1) is 9.34. The molecule has 2 aromatic rings. The molecule has 1 aromatic heterocycles. The molecule has 0 aliphatic heterocycles. The maximum Gasteiger partial charge on any atom is 0.0649 e. The molecule has 3 nitrogen and oxygen atoms in total. The first kappa shape index (κ1) is 14.8. The second-order valence-electron chi connectivity index (χ2n) is 6.62. The second kappa shape index (κ2) is 5.41. The lowest BCUT2D eigenvalue weighted by atomic mass is 9.87. The van der Waals surface area contributed by atoms with Gasteiger partial charge in [0.25, 0.3) is 0 Å². The van der Waals surface area contributed by atoms with Crippen LogP contribution >= 0.6 is 0 Å². The van der Waals surface area contributed by atoms with Crippen molar-refractivity contribution in [3.05, 3.63) is 47.3 Å². The van der Waals surface area contributed by atoms with Crippen LogP contribution in [0.2, 0.25) is 0 Å². The predicted octanol–water partition coefficient (Wildman–Crippen LogP) is 3.75. The van der Waals surface area contributed by atoms with E-state index >= 15 is 0 Å². The van der Waals surface area contributed by atoms with Crippen LogP contribution in [0.5, 0.6) is 0 Å². The fourth-order valence-electron chi connectivity index (χ4n) is 2.47. The summed E-state index contributed by atoms with van der Waals surface area (Å²) >= 11 is 0. The number of nitrogens with two attached hydrogens (primary N) is 1. The van der Waals surface area contributed by atoms with E-state index in [4.69, 9.17) is 5.73 Å². The molecule has 0 saturated heterocycles. The van der Waals surface area contributed by atoms with Gasteiger partial charge >= 0.3 is 0 Å². The van der Waals surface area contributed by atoms with E-state index < -0.39 is 0 Å². The molecule has 0 bridgehead atoms. The fraction of sp³-hybridized carbons (Fsp3) is 0.471. The summed E-state index contributed by atoms with van der Waals surface area (Å²) in [7, 11) is 0. The van der Waals surface area contributed by atoms with Crippen LogP contribution in [0.1, 0.15) is 57.4 Å². The minimum absolute atomic E-state index is 0.173. The van der Waals surface area contributed by atoms with Gasteiger partial charge in [0.15, 0.2) is 0 Å². The maximum absolute atomic E-state index is 5.81. The molecule has 1 aromatic carbocycles. The highest BCUT2D eigenvalue weighted by Gasteiger charge is 2.16. The molecule has 0 spiro atoms. The van der Waals surface area contributed by atoms with Gasteiger partial charge in [-0.2, -0.15) is 5.10 Å². The number of aromatic nitrogens is 2. The minimum Gasteiger partial charge on any atom is -0.326 e. The Morgan fingerprint density at radius 1 is 1.15 bits per heavy atom. The second-order valence-corrected chi connectivity index (χ2v) is 6.62. The molecular weight excluding hydrogens is 246 g/mol. The average Bonchev–Trinajstić information content (AvgIpc) is 2.81. The number of hydrogen-bond donors (Lipinski definition) is 1. The summed E-state index contributed by atoms with van der Waals surface area (Å²) in [4.78, 5) is 0. The third-order valence-electron chi connectivity index (χ3n) is 3.63. The molecule has 0 radical (unpaired) electrons. The van der Waals surface area contributed by atoms with E-state index in [0.717, 1.165) is 11.3 Å². The van der Waals surface area contributed by atoms with E-state index in [1.54, 1.807) is 0 Å². The minimum atomic E-state index is 0.173. The van der Waals surface area contributed by atoms with Crippen molar-refractivity contribution in [3.8, 4) is 5.69 Å². The Balaban J connectivity index is 2.45. The summed E-state index contributed by atoms with van der Waals surface area (Å²) in [5.41, 5.74) is 10.7. The van der Waals surface area contributed by atoms with Crippen LogP contribution in [0.15, 0.2) is 30.5 Å². The fourth-order valence-corrected chi connectivity index (χ4v) is 2.47. The number of benzene rings is 1. The first-order valence-electron chi connectivity index (χ1n) is 7.22. The zero-order valence-corrected chi connectivity index (χ0v) is 13.1. The van der Waals surface area contributed by atoms with Crippen LogP contribution < -0.4 is 5.73 Å². The third kappa shape index (κ3) is 2.78.